The Morgan fingerprint density at radius 1 is 1.14 bits per heavy atom. The molecule has 0 aromatic heterocycles. The van der Waals surface area contributed by atoms with Gasteiger partial charge >= 0.3 is 0 Å². The number of piperidine rings is 1. The van der Waals surface area contributed by atoms with Gasteiger partial charge in [0.15, 0.2) is 0 Å². The molecule has 0 aromatic rings. The zero-order valence-electron chi connectivity index (χ0n) is 9.52. The van der Waals surface area contributed by atoms with E-state index in [9.17, 15) is 0 Å². The van der Waals surface area contributed by atoms with Crippen LogP contribution in [0.1, 0.15) is 26.7 Å². The lowest BCUT2D eigenvalue weighted by Gasteiger charge is -2.57. The first-order chi connectivity index (χ1) is 6.41. The molecule has 0 unspecified atom stereocenters. The molecule has 0 aromatic carbocycles. The summed E-state index contributed by atoms with van der Waals surface area (Å²) in [6.45, 7) is 9.89. The van der Waals surface area contributed by atoms with Gasteiger partial charge in [-0.1, -0.05) is 22.6 Å². The Kier molecular flexibility index (Phi) is 2.86. The molecule has 2 saturated heterocycles. The molecular weight excluding hydrogens is 287 g/mol. The molecule has 82 valence electrons. The van der Waals surface area contributed by atoms with Crippen molar-refractivity contribution < 1.29 is 0 Å². The minimum absolute atomic E-state index is 0.354. The number of halogens is 1. The minimum atomic E-state index is 0.354. The van der Waals surface area contributed by atoms with E-state index in [1.54, 1.807) is 0 Å². The number of alkyl halides is 1. The van der Waals surface area contributed by atoms with Crippen LogP contribution in [0.25, 0.3) is 0 Å². The van der Waals surface area contributed by atoms with E-state index in [0.29, 0.717) is 8.96 Å². The van der Waals surface area contributed by atoms with Crippen molar-refractivity contribution in [2.24, 2.45) is 5.41 Å². The first-order valence-electron chi connectivity index (χ1n) is 5.54. The Morgan fingerprint density at radius 2 is 1.64 bits per heavy atom. The summed E-state index contributed by atoms with van der Waals surface area (Å²) in [5, 5.41) is 0. The van der Waals surface area contributed by atoms with Crippen LogP contribution in [0.4, 0.5) is 0 Å². The number of rotatable bonds is 1. The van der Waals surface area contributed by atoms with Gasteiger partial charge in [-0.3, -0.25) is 4.90 Å². The zero-order valence-corrected chi connectivity index (χ0v) is 11.7. The van der Waals surface area contributed by atoms with Crippen LogP contribution in [0.15, 0.2) is 0 Å². The van der Waals surface area contributed by atoms with E-state index in [1.165, 1.54) is 39.0 Å². The number of nitrogens with zero attached hydrogens (tertiary/aromatic N) is 2. The topological polar surface area (TPSA) is 6.48 Å². The second-order valence-corrected chi connectivity index (χ2v) is 8.21. The van der Waals surface area contributed by atoms with Gasteiger partial charge in [-0.15, -0.1) is 0 Å². The first kappa shape index (κ1) is 11.1. The van der Waals surface area contributed by atoms with Crippen LogP contribution in [-0.2, 0) is 0 Å². The third-order valence-electron chi connectivity index (χ3n) is 3.85. The number of hydrogen-bond donors (Lipinski definition) is 0. The summed E-state index contributed by atoms with van der Waals surface area (Å²) in [4.78, 5) is 5.07. The summed E-state index contributed by atoms with van der Waals surface area (Å²) in [5.41, 5.74) is 0.689. The average Bonchev–Trinajstić information content (AvgIpc) is 2.00. The minimum Gasteiger partial charge on any atom is -0.306 e. The van der Waals surface area contributed by atoms with Gasteiger partial charge in [-0.25, -0.2) is 0 Å². The molecule has 0 N–H and O–H groups in total. The summed E-state index contributed by atoms with van der Waals surface area (Å²) in [5.74, 6) is 0. The van der Waals surface area contributed by atoms with Crippen molar-refractivity contribution in [1.29, 1.82) is 0 Å². The number of hydrogen-bond acceptors (Lipinski definition) is 2. The highest BCUT2D eigenvalue weighted by Crippen LogP contribution is 2.44. The van der Waals surface area contributed by atoms with Gasteiger partial charge in [0, 0.05) is 13.1 Å². The maximum Gasteiger partial charge on any atom is 0.0673 e. The molecule has 2 heterocycles. The quantitative estimate of drug-likeness (QED) is 0.416. The maximum absolute atomic E-state index is 2.61. The molecule has 1 spiro atoms. The van der Waals surface area contributed by atoms with Crippen molar-refractivity contribution in [3.8, 4) is 0 Å². The predicted octanol–water partition coefficient (Wildman–Crippen LogP) is 2.19. The van der Waals surface area contributed by atoms with E-state index in [1.807, 2.05) is 0 Å². The fourth-order valence-corrected chi connectivity index (χ4v) is 2.89. The monoisotopic (exact) mass is 308 g/mol. The Balaban J connectivity index is 1.87. The molecule has 0 saturated carbocycles. The van der Waals surface area contributed by atoms with Crippen molar-refractivity contribution in [2.45, 2.75) is 30.2 Å². The Labute approximate surface area is 101 Å². The molecule has 0 atom stereocenters. The molecule has 0 bridgehead atoms. The third kappa shape index (κ3) is 2.09. The second kappa shape index (κ2) is 3.59. The van der Waals surface area contributed by atoms with Crippen molar-refractivity contribution in [3.05, 3.63) is 0 Å². The SMILES string of the molecule is CN1CCC2(CC1)CN(C(C)(C)I)C2. The summed E-state index contributed by atoms with van der Waals surface area (Å²) >= 11 is 2.55. The van der Waals surface area contributed by atoms with Crippen LogP contribution in [0, 0.1) is 5.41 Å². The Hall–Kier alpha value is 0.650. The van der Waals surface area contributed by atoms with Crippen LogP contribution in [0.2, 0.25) is 0 Å². The molecule has 0 radical (unpaired) electrons. The first-order valence-corrected chi connectivity index (χ1v) is 6.62. The van der Waals surface area contributed by atoms with E-state index in [4.69, 9.17) is 0 Å². The van der Waals surface area contributed by atoms with Crippen LogP contribution >= 0.6 is 22.6 Å². The molecular formula is C11H21IN2. The Bertz CT molecular complexity index is 206. The predicted molar refractivity (Wildman–Crippen MR) is 68.8 cm³/mol. The average molecular weight is 308 g/mol. The van der Waals surface area contributed by atoms with E-state index in [0.717, 1.165) is 0 Å². The smallest absolute Gasteiger partial charge is 0.0673 e. The highest BCUT2D eigenvalue weighted by Gasteiger charge is 2.47. The van der Waals surface area contributed by atoms with Crippen LogP contribution in [0.3, 0.4) is 0 Å². The fourth-order valence-electron chi connectivity index (χ4n) is 2.55. The van der Waals surface area contributed by atoms with E-state index >= 15 is 0 Å². The van der Waals surface area contributed by atoms with Gasteiger partial charge < -0.3 is 4.90 Å². The highest BCUT2D eigenvalue weighted by molar-refractivity contribution is 14.1. The molecule has 0 aliphatic carbocycles. The van der Waals surface area contributed by atoms with Crippen LogP contribution < -0.4 is 0 Å². The second-order valence-electron chi connectivity index (χ2n) is 5.57. The van der Waals surface area contributed by atoms with Crippen molar-refractivity contribution in [2.75, 3.05) is 33.2 Å². The molecule has 2 aliphatic heterocycles. The fraction of sp³-hybridized carbons (Fsp3) is 1.00. The lowest BCUT2D eigenvalue weighted by molar-refractivity contribution is -0.0630. The standard InChI is InChI=1S/C11H21IN2/c1-10(2,12)14-8-11(9-14)4-6-13(3)7-5-11/h4-9H2,1-3H3. The van der Waals surface area contributed by atoms with Gasteiger partial charge in [0.05, 0.1) is 3.55 Å². The number of likely N-dealkylation sites (tertiary alicyclic amines) is 2. The summed E-state index contributed by atoms with van der Waals surface area (Å²) in [7, 11) is 2.24. The summed E-state index contributed by atoms with van der Waals surface area (Å²) in [6.07, 6.45) is 2.82. The van der Waals surface area contributed by atoms with E-state index in [2.05, 4.69) is 53.3 Å². The molecule has 2 fully saturated rings. The van der Waals surface area contributed by atoms with Crippen molar-refractivity contribution in [1.82, 2.24) is 9.80 Å². The highest BCUT2D eigenvalue weighted by atomic mass is 127. The van der Waals surface area contributed by atoms with E-state index in [-0.39, 0.29) is 0 Å². The largest absolute Gasteiger partial charge is 0.306 e. The van der Waals surface area contributed by atoms with E-state index < -0.39 is 0 Å². The van der Waals surface area contributed by atoms with Gasteiger partial charge in [0.25, 0.3) is 0 Å². The lowest BCUT2D eigenvalue weighted by atomic mass is 9.71. The third-order valence-corrected chi connectivity index (χ3v) is 4.53. The lowest BCUT2D eigenvalue weighted by Crippen LogP contribution is -2.64. The van der Waals surface area contributed by atoms with Crippen LogP contribution in [-0.4, -0.2) is 46.6 Å². The zero-order chi connectivity index (χ0) is 10.4. The van der Waals surface area contributed by atoms with Gasteiger partial charge in [-0.05, 0) is 52.2 Å². The summed E-state index contributed by atoms with van der Waals surface area (Å²) in [6, 6.07) is 0. The normalized spacial score (nSPS) is 29.1. The Morgan fingerprint density at radius 3 is 2.07 bits per heavy atom. The molecule has 0 amide bonds. The van der Waals surface area contributed by atoms with Gasteiger partial charge in [0.2, 0.25) is 0 Å². The molecule has 2 nitrogen and oxygen atoms in total. The van der Waals surface area contributed by atoms with Crippen molar-refractivity contribution >= 4 is 22.6 Å². The molecule has 14 heavy (non-hydrogen) atoms. The molecule has 2 aliphatic rings. The molecule has 3 heteroatoms. The maximum atomic E-state index is 2.61. The van der Waals surface area contributed by atoms with Crippen LogP contribution in [0.5, 0.6) is 0 Å². The van der Waals surface area contributed by atoms with Gasteiger partial charge in [-0.2, -0.15) is 0 Å². The molecule has 2 rings (SSSR count). The van der Waals surface area contributed by atoms with Gasteiger partial charge in [0.1, 0.15) is 0 Å². The van der Waals surface area contributed by atoms with Crippen molar-refractivity contribution in [3.63, 3.8) is 0 Å². The summed E-state index contributed by atoms with van der Waals surface area (Å²) < 4.78 is 0.354.